The van der Waals surface area contributed by atoms with E-state index in [0.29, 0.717) is 0 Å². The van der Waals surface area contributed by atoms with Gasteiger partial charge in [0, 0.05) is 30.7 Å². The monoisotopic (exact) mass is 307 g/mol. The minimum absolute atomic E-state index is 0.186. The maximum Gasteiger partial charge on any atom is 0.124 e. The number of anilines is 1. The number of β-amino-alcohol motifs (C(OH)–C–C–N with tert-alkyl or cyclic N) is 1. The molecule has 1 aromatic carbocycles. The van der Waals surface area contributed by atoms with E-state index < -0.39 is 0 Å². The number of rotatable bonds is 2. The number of aliphatic hydroxyl groups is 1. The fourth-order valence-electron chi connectivity index (χ4n) is 2.25. The van der Waals surface area contributed by atoms with E-state index in [0.717, 1.165) is 35.5 Å². The van der Waals surface area contributed by atoms with Gasteiger partial charge < -0.3 is 14.6 Å². The van der Waals surface area contributed by atoms with Gasteiger partial charge in [0.2, 0.25) is 0 Å². The first-order chi connectivity index (χ1) is 8.72. The van der Waals surface area contributed by atoms with Crippen molar-refractivity contribution < 1.29 is 5.11 Å². The van der Waals surface area contributed by atoms with Gasteiger partial charge in [-0.3, -0.25) is 0 Å². The highest BCUT2D eigenvalue weighted by atomic mass is 79.9. The van der Waals surface area contributed by atoms with Gasteiger partial charge in [0.05, 0.1) is 6.10 Å². The molecule has 0 aliphatic carbocycles. The SMILES string of the molecule is O[C@H]1CCN(c2ccc(-n3cnc(Br)c3)cc2)C1. The first kappa shape index (κ1) is 11.7. The lowest BCUT2D eigenvalue weighted by molar-refractivity contribution is 0.198. The zero-order valence-electron chi connectivity index (χ0n) is 9.83. The third kappa shape index (κ3) is 2.28. The quantitative estimate of drug-likeness (QED) is 0.925. The second kappa shape index (κ2) is 4.74. The van der Waals surface area contributed by atoms with Crippen molar-refractivity contribution in [3.63, 3.8) is 0 Å². The molecule has 2 heterocycles. The summed E-state index contributed by atoms with van der Waals surface area (Å²) in [6, 6.07) is 8.30. The number of halogens is 1. The largest absolute Gasteiger partial charge is 0.391 e. The van der Waals surface area contributed by atoms with Crippen LogP contribution < -0.4 is 4.90 Å². The Bertz CT molecular complexity index is 537. The highest BCUT2D eigenvalue weighted by molar-refractivity contribution is 9.10. The van der Waals surface area contributed by atoms with Crippen molar-refractivity contribution in [3.8, 4) is 5.69 Å². The van der Waals surface area contributed by atoms with Crippen molar-refractivity contribution in [2.24, 2.45) is 0 Å². The van der Waals surface area contributed by atoms with Crippen LogP contribution in [0.5, 0.6) is 0 Å². The molecule has 0 radical (unpaired) electrons. The van der Waals surface area contributed by atoms with E-state index in [4.69, 9.17) is 0 Å². The molecular formula is C13H14BrN3O. The van der Waals surface area contributed by atoms with Crippen molar-refractivity contribution >= 4 is 21.6 Å². The highest BCUT2D eigenvalue weighted by Crippen LogP contribution is 2.22. The molecule has 18 heavy (non-hydrogen) atoms. The molecule has 94 valence electrons. The molecule has 1 N–H and O–H groups in total. The Hall–Kier alpha value is -1.33. The van der Waals surface area contributed by atoms with E-state index in [-0.39, 0.29) is 6.10 Å². The van der Waals surface area contributed by atoms with Crippen LogP contribution in [-0.4, -0.2) is 33.9 Å². The fraction of sp³-hybridized carbons (Fsp3) is 0.308. The molecule has 2 aromatic rings. The van der Waals surface area contributed by atoms with Crippen molar-refractivity contribution in [2.75, 3.05) is 18.0 Å². The number of nitrogens with zero attached hydrogens (tertiary/aromatic N) is 3. The Balaban J connectivity index is 1.81. The van der Waals surface area contributed by atoms with Crippen LogP contribution >= 0.6 is 15.9 Å². The third-order valence-corrected chi connectivity index (χ3v) is 3.64. The summed E-state index contributed by atoms with van der Waals surface area (Å²) < 4.78 is 2.79. The van der Waals surface area contributed by atoms with Crippen LogP contribution in [-0.2, 0) is 0 Å². The summed E-state index contributed by atoms with van der Waals surface area (Å²) in [5.41, 5.74) is 2.24. The lowest BCUT2D eigenvalue weighted by Gasteiger charge is -2.18. The average Bonchev–Trinajstić information content (AvgIpc) is 2.98. The summed E-state index contributed by atoms with van der Waals surface area (Å²) in [4.78, 5) is 6.35. The Morgan fingerprint density at radius 2 is 1.94 bits per heavy atom. The number of hydrogen-bond donors (Lipinski definition) is 1. The van der Waals surface area contributed by atoms with E-state index in [1.165, 1.54) is 0 Å². The molecule has 0 amide bonds. The molecule has 1 aliphatic heterocycles. The van der Waals surface area contributed by atoms with Crippen molar-refractivity contribution in [1.29, 1.82) is 0 Å². The Kier molecular flexibility index (Phi) is 3.09. The normalized spacial score (nSPS) is 19.4. The van der Waals surface area contributed by atoms with Gasteiger partial charge >= 0.3 is 0 Å². The molecule has 1 atom stereocenters. The van der Waals surface area contributed by atoms with Gasteiger partial charge in [-0.2, -0.15) is 0 Å². The van der Waals surface area contributed by atoms with Gasteiger partial charge in [-0.15, -0.1) is 0 Å². The zero-order chi connectivity index (χ0) is 12.5. The summed E-state index contributed by atoms with van der Waals surface area (Å²) in [6.45, 7) is 1.66. The molecule has 1 saturated heterocycles. The summed E-state index contributed by atoms with van der Waals surface area (Å²) in [7, 11) is 0. The summed E-state index contributed by atoms with van der Waals surface area (Å²) in [5.74, 6) is 0. The van der Waals surface area contributed by atoms with Gasteiger partial charge in [0.25, 0.3) is 0 Å². The first-order valence-electron chi connectivity index (χ1n) is 5.95. The maximum absolute atomic E-state index is 9.54. The molecule has 1 aromatic heterocycles. The molecule has 5 heteroatoms. The molecule has 3 rings (SSSR count). The average molecular weight is 308 g/mol. The lowest BCUT2D eigenvalue weighted by atomic mass is 10.2. The van der Waals surface area contributed by atoms with E-state index >= 15 is 0 Å². The van der Waals surface area contributed by atoms with Gasteiger partial charge in [0.15, 0.2) is 0 Å². The Labute approximate surface area is 114 Å². The molecule has 1 fully saturated rings. The number of hydrogen-bond acceptors (Lipinski definition) is 3. The molecular weight excluding hydrogens is 294 g/mol. The van der Waals surface area contributed by atoms with Gasteiger partial charge in [0.1, 0.15) is 10.9 Å². The Morgan fingerprint density at radius 3 is 2.50 bits per heavy atom. The topological polar surface area (TPSA) is 41.3 Å². The number of aliphatic hydroxyl groups excluding tert-OH is 1. The standard InChI is InChI=1S/C13H14BrN3O/c14-13-8-17(9-15-13)11-3-1-10(2-4-11)16-6-5-12(18)7-16/h1-4,8-9,12,18H,5-7H2/t12-/m0/s1. The zero-order valence-corrected chi connectivity index (χ0v) is 11.4. The summed E-state index contributed by atoms with van der Waals surface area (Å²) >= 11 is 3.34. The maximum atomic E-state index is 9.54. The van der Waals surface area contributed by atoms with E-state index in [2.05, 4.69) is 50.1 Å². The molecule has 0 bridgehead atoms. The number of aromatic nitrogens is 2. The van der Waals surface area contributed by atoms with Crippen molar-refractivity contribution in [3.05, 3.63) is 41.4 Å². The summed E-state index contributed by atoms with van der Waals surface area (Å²) in [5, 5.41) is 9.54. The van der Waals surface area contributed by atoms with E-state index in [1.54, 1.807) is 6.33 Å². The third-order valence-electron chi connectivity index (χ3n) is 3.23. The van der Waals surface area contributed by atoms with E-state index in [9.17, 15) is 5.11 Å². The van der Waals surface area contributed by atoms with Crippen LogP contribution in [0.25, 0.3) is 5.69 Å². The smallest absolute Gasteiger partial charge is 0.124 e. The lowest BCUT2D eigenvalue weighted by Crippen LogP contribution is -2.20. The van der Waals surface area contributed by atoms with Crippen molar-refractivity contribution in [1.82, 2.24) is 9.55 Å². The molecule has 4 nitrogen and oxygen atoms in total. The van der Waals surface area contributed by atoms with Crippen molar-refractivity contribution in [2.45, 2.75) is 12.5 Å². The van der Waals surface area contributed by atoms with Crippen LogP contribution in [0.2, 0.25) is 0 Å². The fourth-order valence-corrected chi connectivity index (χ4v) is 2.56. The number of benzene rings is 1. The van der Waals surface area contributed by atoms with Crippen LogP contribution in [0.3, 0.4) is 0 Å². The van der Waals surface area contributed by atoms with Crippen LogP contribution in [0.15, 0.2) is 41.4 Å². The van der Waals surface area contributed by atoms with Crippen LogP contribution in [0, 0.1) is 0 Å². The molecule has 0 spiro atoms. The molecule has 0 saturated carbocycles. The number of imidazole rings is 1. The first-order valence-corrected chi connectivity index (χ1v) is 6.74. The Morgan fingerprint density at radius 1 is 1.22 bits per heavy atom. The molecule has 0 unspecified atom stereocenters. The minimum Gasteiger partial charge on any atom is -0.391 e. The second-order valence-electron chi connectivity index (χ2n) is 4.51. The van der Waals surface area contributed by atoms with Gasteiger partial charge in [-0.05, 0) is 46.6 Å². The predicted molar refractivity (Wildman–Crippen MR) is 74.1 cm³/mol. The van der Waals surface area contributed by atoms with Crippen LogP contribution in [0.4, 0.5) is 5.69 Å². The minimum atomic E-state index is -0.186. The second-order valence-corrected chi connectivity index (χ2v) is 5.32. The van der Waals surface area contributed by atoms with E-state index in [1.807, 2.05) is 10.8 Å². The van der Waals surface area contributed by atoms with Gasteiger partial charge in [-0.1, -0.05) is 0 Å². The highest BCUT2D eigenvalue weighted by Gasteiger charge is 2.20. The molecule has 1 aliphatic rings. The van der Waals surface area contributed by atoms with Crippen LogP contribution in [0.1, 0.15) is 6.42 Å². The predicted octanol–water partition coefficient (Wildman–Crippen LogP) is 2.21. The van der Waals surface area contributed by atoms with Gasteiger partial charge in [-0.25, -0.2) is 4.98 Å². The summed E-state index contributed by atoms with van der Waals surface area (Å²) in [6.07, 6.45) is 4.37.